The lowest BCUT2D eigenvalue weighted by atomic mass is 10.1. The summed E-state index contributed by atoms with van der Waals surface area (Å²) in [5.74, 6) is 1.03. The summed E-state index contributed by atoms with van der Waals surface area (Å²) in [6.07, 6.45) is 0. The molecule has 0 bridgehead atoms. The predicted octanol–water partition coefficient (Wildman–Crippen LogP) is 2.59. The van der Waals surface area contributed by atoms with Crippen LogP contribution >= 0.6 is 11.8 Å². The molecule has 0 aliphatic carbocycles. The minimum Gasteiger partial charge on any atom is -0.325 e. The first-order valence-electron chi connectivity index (χ1n) is 5.86. The number of hydrogen-bond donors (Lipinski definition) is 2. The highest BCUT2D eigenvalue weighted by atomic mass is 32.2. The molecule has 0 heterocycles. The minimum absolute atomic E-state index is 0.0281. The molecule has 0 spiro atoms. The van der Waals surface area contributed by atoms with Gasteiger partial charge in [-0.1, -0.05) is 26.0 Å². The number of rotatable bonds is 6. The van der Waals surface area contributed by atoms with Crippen molar-refractivity contribution in [3.05, 3.63) is 24.3 Å². The summed E-state index contributed by atoms with van der Waals surface area (Å²) in [7, 11) is 1.85. The van der Waals surface area contributed by atoms with Crippen LogP contribution in [0.5, 0.6) is 0 Å². The molecule has 94 valence electrons. The summed E-state index contributed by atoms with van der Waals surface area (Å²) >= 11 is 1.74. The molecule has 1 unspecified atom stereocenters. The van der Waals surface area contributed by atoms with Crippen molar-refractivity contribution in [2.24, 2.45) is 5.92 Å². The van der Waals surface area contributed by atoms with Gasteiger partial charge < -0.3 is 10.6 Å². The molecule has 3 nitrogen and oxygen atoms in total. The van der Waals surface area contributed by atoms with Gasteiger partial charge in [-0.25, -0.2) is 0 Å². The van der Waals surface area contributed by atoms with Crippen LogP contribution < -0.4 is 10.6 Å². The summed E-state index contributed by atoms with van der Waals surface area (Å²) in [6.45, 7) is 4.71. The van der Waals surface area contributed by atoms with Gasteiger partial charge in [-0.15, -0.1) is 11.8 Å². The number of thioether (sulfide) groups is 1. The first-order chi connectivity index (χ1) is 8.19. The molecule has 0 saturated heterocycles. The van der Waals surface area contributed by atoms with Gasteiger partial charge in [-0.2, -0.15) is 0 Å². The third-order valence-corrected chi connectivity index (χ3v) is 3.36. The van der Waals surface area contributed by atoms with Crippen molar-refractivity contribution in [2.75, 3.05) is 24.7 Å². The fraction of sp³-hybridized carbons (Fsp3) is 0.462. The third-order valence-electron chi connectivity index (χ3n) is 2.40. The van der Waals surface area contributed by atoms with Gasteiger partial charge in [0.15, 0.2) is 0 Å². The van der Waals surface area contributed by atoms with Crippen molar-refractivity contribution in [3.63, 3.8) is 0 Å². The third kappa shape index (κ3) is 4.40. The summed E-state index contributed by atoms with van der Waals surface area (Å²) < 4.78 is 0. The van der Waals surface area contributed by atoms with Gasteiger partial charge in [-0.3, -0.25) is 4.79 Å². The standard InChI is InChI=1S/C13H20N2OS/c1-4-17-12-8-6-5-7-11(12)15-13(16)10(2)9-14-3/h5-8,10,14H,4,9H2,1-3H3,(H,15,16). The number of amides is 1. The zero-order chi connectivity index (χ0) is 12.7. The maximum atomic E-state index is 11.9. The Morgan fingerprint density at radius 1 is 1.41 bits per heavy atom. The zero-order valence-corrected chi connectivity index (χ0v) is 11.4. The number of nitrogens with one attached hydrogen (secondary N) is 2. The fourth-order valence-corrected chi connectivity index (χ4v) is 2.27. The van der Waals surface area contributed by atoms with Crippen molar-refractivity contribution in [2.45, 2.75) is 18.7 Å². The average Bonchev–Trinajstić information content (AvgIpc) is 2.32. The maximum absolute atomic E-state index is 11.9. The first-order valence-corrected chi connectivity index (χ1v) is 6.84. The van der Waals surface area contributed by atoms with Gasteiger partial charge in [-0.05, 0) is 24.9 Å². The van der Waals surface area contributed by atoms with Gasteiger partial charge in [0.05, 0.1) is 5.69 Å². The van der Waals surface area contributed by atoms with E-state index in [0.717, 1.165) is 16.3 Å². The van der Waals surface area contributed by atoms with Crippen LogP contribution in [0.2, 0.25) is 0 Å². The van der Waals surface area contributed by atoms with E-state index in [-0.39, 0.29) is 11.8 Å². The van der Waals surface area contributed by atoms with Crippen molar-refractivity contribution in [1.29, 1.82) is 0 Å². The lowest BCUT2D eigenvalue weighted by Crippen LogP contribution is -2.28. The molecule has 0 radical (unpaired) electrons. The van der Waals surface area contributed by atoms with Gasteiger partial charge >= 0.3 is 0 Å². The summed E-state index contributed by atoms with van der Waals surface area (Å²) in [5, 5.41) is 5.99. The number of carbonyl (C=O) groups is 1. The van der Waals surface area contributed by atoms with E-state index in [1.807, 2.05) is 38.2 Å². The SMILES string of the molecule is CCSc1ccccc1NC(=O)C(C)CNC. The van der Waals surface area contributed by atoms with E-state index in [1.165, 1.54) is 0 Å². The van der Waals surface area contributed by atoms with E-state index < -0.39 is 0 Å². The van der Waals surface area contributed by atoms with Crippen LogP contribution in [0.4, 0.5) is 5.69 Å². The lowest BCUT2D eigenvalue weighted by molar-refractivity contribution is -0.119. The quantitative estimate of drug-likeness (QED) is 0.765. The van der Waals surface area contributed by atoms with E-state index in [9.17, 15) is 4.79 Å². The Bertz CT molecular complexity index is 368. The molecule has 1 aromatic rings. The molecule has 0 aliphatic heterocycles. The lowest BCUT2D eigenvalue weighted by Gasteiger charge is -2.14. The molecule has 1 rings (SSSR count). The van der Waals surface area contributed by atoms with Crippen LogP contribution in [-0.4, -0.2) is 25.3 Å². The van der Waals surface area contributed by atoms with Gasteiger partial charge in [0.25, 0.3) is 0 Å². The molecule has 17 heavy (non-hydrogen) atoms. The number of hydrogen-bond acceptors (Lipinski definition) is 3. The number of anilines is 1. The second-order valence-corrected chi connectivity index (χ2v) is 5.18. The van der Waals surface area contributed by atoms with Crippen LogP contribution in [0.3, 0.4) is 0 Å². The summed E-state index contributed by atoms with van der Waals surface area (Å²) in [4.78, 5) is 13.0. The molecule has 0 saturated carbocycles. The summed E-state index contributed by atoms with van der Waals surface area (Å²) in [5.41, 5.74) is 0.910. The van der Waals surface area contributed by atoms with Gasteiger partial charge in [0, 0.05) is 17.4 Å². The second-order valence-electron chi connectivity index (χ2n) is 3.88. The molecule has 1 amide bonds. The highest BCUT2D eigenvalue weighted by Gasteiger charge is 2.13. The van der Waals surface area contributed by atoms with Crippen LogP contribution in [-0.2, 0) is 4.79 Å². The fourth-order valence-electron chi connectivity index (χ4n) is 1.51. The normalized spacial score (nSPS) is 12.2. The van der Waals surface area contributed by atoms with Crippen molar-refractivity contribution < 1.29 is 4.79 Å². The molecule has 1 aromatic carbocycles. The second kappa shape index (κ2) is 7.35. The number of benzene rings is 1. The largest absolute Gasteiger partial charge is 0.325 e. The Balaban J connectivity index is 2.70. The van der Waals surface area contributed by atoms with Gasteiger partial charge in [0.2, 0.25) is 5.91 Å². The average molecular weight is 252 g/mol. The Kier molecular flexibility index (Phi) is 6.08. The van der Waals surface area contributed by atoms with Crippen molar-refractivity contribution in [3.8, 4) is 0 Å². The Morgan fingerprint density at radius 2 is 2.12 bits per heavy atom. The zero-order valence-electron chi connectivity index (χ0n) is 10.6. The summed E-state index contributed by atoms with van der Waals surface area (Å²) in [6, 6.07) is 7.91. The molecule has 0 fully saturated rings. The minimum atomic E-state index is -0.0281. The number of carbonyl (C=O) groups excluding carboxylic acids is 1. The van der Waals surface area contributed by atoms with Gasteiger partial charge in [0.1, 0.15) is 0 Å². The Hall–Kier alpha value is -1.00. The Morgan fingerprint density at radius 3 is 2.76 bits per heavy atom. The molecule has 1 atom stereocenters. The predicted molar refractivity (Wildman–Crippen MR) is 74.6 cm³/mol. The van der Waals surface area contributed by atoms with Crippen molar-refractivity contribution in [1.82, 2.24) is 5.32 Å². The topological polar surface area (TPSA) is 41.1 Å². The highest BCUT2D eigenvalue weighted by Crippen LogP contribution is 2.26. The van der Waals surface area contributed by atoms with E-state index in [0.29, 0.717) is 6.54 Å². The molecule has 2 N–H and O–H groups in total. The van der Waals surface area contributed by atoms with E-state index >= 15 is 0 Å². The van der Waals surface area contributed by atoms with Crippen LogP contribution in [0.15, 0.2) is 29.2 Å². The van der Waals surface area contributed by atoms with E-state index in [1.54, 1.807) is 11.8 Å². The molecular formula is C13H20N2OS. The molecule has 0 aliphatic rings. The van der Waals surface area contributed by atoms with Crippen LogP contribution in [0, 0.1) is 5.92 Å². The van der Waals surface area contributed by atoms with Crippen LogP contribution in [0.25, 0.3) is 0 Å². The van der Waals surface area contributed by atoms with E-state index in [2.05, 4.69) is 17.6 Å². The Labute approximate surface area is 107 Å². The number of para-hydroxylation sites is 1. The molecule has 4 heteroatoms. The first kappa shape index (κ1) is 14.1. The monoisotopic (exact) mass is 252 g/mol. The van der Waals surface area contributed by atoms with E-state index in [4.69, 9.17) is 0 Å². The smallest absolute Gasteiger partial charge is 0.228 e. The molecule has 0 aromatic heterocycles. The van der Waals surface area contributed by atoms with Crippen molar-refractivity contribution >= 4 is 23.4 Å². The highest BCUT2D eigenvalue weighted by molar-refractivity contribution is 7.99. The maximum Gasteiger partial charge on any atom is 0.228 e. The molecular weight excluding hydrogens is 232 g/mol. The van der Waals surface area contributed by atoms with Crippen LogP contribution in [0.1, 0.15) is 13.8 Å².